The van der Waals surface area contributed by atoms with E-state index in [4.69, 9.17) is 0 Å². The molecule has 2 N–H and O–H groups in total. The van der Waals surface area contributed by atoms with E-state index < -0.39 is 0 Å². The predicted octanol–water partition coefficient (Wildman–Crippen LogP) is 3.82. The van der Waals surface area contributed by atoms with E-state index in [0.717, 1.165) is 24.7 Å². The lowest BCUT2D eigenvalue weighted by Crippen LogP contribution is -2.42. The van der Waals surface area contributed by atoms with Crippen LogP contribution in [0.5, 0.6) is 5.75 Å². The molecule has 3 aliphatic carbocycles. The predicted molar refractivity (Wildman–Crippen MR) is 89.2 cm³/mol. The summed E-state index contributed by atoms with van der Waals surface area (Å²) < 4.78 is 0. The van der Waals surface area contributed by atoms with Crippen LogP contribution < -0.4 is 5.43 Å². The van der Waals surface area contributed by atoms with Crippen LogP contribution in [0.3, 0.4) is 0 Å². The quantitative estimate of drug-likeness (QED) is 0.774. The van der Waals surface area contributed by atoms with Gasteiger partial charge in [0.15, 0.2) is 0 Å². The molecule has 3 nitrogen and oxygen atoms in total. The van der Waals surface area contributed by atoms with E-state index in [1.54, 1.807) is 0 Å². The van der Waals surface area contributed by atoms with Crippen LogP contribution in [0.2, 0.25) is 0 Å². The average Bonchev–Trinajstić information content (AvgIpc) is 2.84. The standard InChI is InChI=1S/C19H26N2O/c1-19-10-9-15-14-6-4-13(22)11-12(14)3-5-16(15)17(19)7-8-18(19)21-20-2/h4,6,11,15-17,20,22H,3,5,7-10H2,1-2H3/b21-18-/t15-,16+,17-,19-/m0/s1. The van der Waals surface area contributed by atoms with E-state index in [9.17, 15) is 5.11 Å². The molecule has 0 bridgehead atoms. The van der Waals surface area contributed by atoms with Gasteiger partial charge in [0.25, 0.3) is 0 Å². The number of nitrogens with zero attached hydrogens (tertiary/aromatic N) is 1. The third-order valence-electron chi connectivity index (χ3n) is 6.70. The molecular formula is C19H26N2O. The Labute approximate surface area is 132 Å². The van der Waals surface area contributed by atoms with E-state index in [0.29, 0.717) is 17.1 Å². The average molecular weight is 298 g/mol. The number of nitrogens with one attached hydrogen (secondary N) is 1. The molecule has 2 fully saturated rings. The summed E-state index contributed by atoms with van der Waals surface area (Å²) in [6, 6.07) is 6.04. The van der Waals surface area contributed by atoms with E-state index in [2.05, 4.69) is 23.5 Å². The Morgan fingerprint density at radius 1 is 1.23 bits per heavy atom. The van der Waals surface area contributed by atoms with E-state index in [1.807, 2.05) is 19.2 Å². The Hall–Kier alpha value is -1.51. The van der Waals surface area contributed by atoms with Crippen LogP contribution in [0.4, 0.5) is 0 Å². The van der Waals surface area contributed by atoms with Gasteiger partial charge < -0.3 is 10.5 Å². The van der Waals surface area contributed by atoms with Crippen LogP contribution in [0.15, 0.2) is 23.3 Å². The summed E-state index contributed by atoms with van der Waals surface area (Å²) in [5.74, 6) is 2.68. The molecule has 0 aromatic heterocycles. The molecule has 4 atom stereocenters. The largest absolute Gasteiger partial charge is 0.508 e. The van der Waals surface area contributed by atoms with Crippen LogP contribution in [0, 0.1) is 17.3 Å². The summed E-state index contributed by atoms with van der Waals surface area (Å²) >= 11 is 0. The lowest BCUT2D eigenvalue weighted by molar-refractivity contribution is 0.0954. The van der Waals surface area contributed by atoms with Gasteiger partial charge in [-0.1, -0.05) is 13.0 Å². The molecule has 22 heavy (non-hydrogen) atoms. The Morgan fingerprint density at radius 3 is 2.91 bits per heavy atom. The number of fused-ring (bicyclic) bond motifs is 5. The van der Waals surface area contributed by atoms with Crippen molar-refractivity contribution in [3.8, 4) is 5.75 Å². The summed E-state index contributed by atoms with van der Waals surface area (Å²) in [6.07, 6.45) is 7.36. The molecule has 0 saturated heterocycles. The van der Waals surface area contributed by atoms with Gasteiger partial charge in [0, 0.05) is 18.2 Å². The van der Waals surface area contributed by atoms with Gasteiger partial charge in [-0.25, -0.2) is 0 Å². The highest BCUT2D eigenvalue weighted by atomic mass is 16.3. The van der Waals surface area contributed by atoms with Gasteiger partial charge in [-0.3, -0.25) is 0 Å². The number of hydrazone groups is 1. The molecule has 4 rings (SSSR count). The Bertz CT molecular complexity index is 624. The third kappa shape index (κ3) is 1.90. The maximum absolute atomic E-state index is 9.75. The number of hydrogen-bond acceptors (Lipinski definition) is 3. The van der Waals surface area contributed by atoms with Crippen LogP contribution >= 0.6 is 0 Å². The molecule has 1 aromatic rings. The van der Waals surface area contributed by atoms with Gasteiger partial charge in [-0.2, -0.15) is 5.10 Å². The van der Waals surface area contributed by atoms with E-state index in [1.165, 1.54) is 42.5 Å². The molecule has 0 unspecified atom stereocenters. The SMILES string of the molecule is CN/N=C1/CC[C@H]2[C@@H]3CCc4cc(O)ccc4[C@@H]3CC[C@]12C. The van der Waals surface area contributed by atoms with Crippen molar-refractivity contribution in [2.24, 2.45) is 22.4 Å². The number of benzene rings is 1. The maximum atomic E-state index is 9.75. The first-order valence-corrected chi connectivity index (χ1v) is 8.69. The zero-order chi connectivity index (χ0) is 15.3. The van der Waals surface area contributed by atoms with Crippen molar-refractivity contribution >= 4 is 5.71 Å². The number of rotatable bonds is 1. The molecule has 3 aliphatic rings. The minimum Gasteiger partial charge on any atom is -0.508 e. The van der Waals surface area contributed by atoms with Gasteiger partial charge in [0.05, 0.1) is 0 Å². The molecule has 0 aliphatic heterocycles. The van der Waals surface area contributed by atoms with Crippen LogP contribution in [0.1, 0.15) is 56.1 Å². The van der Waals surface area contributed by atoms with E-state index >= 15 is 0 Å². The van der Waals surface area contributed by atoms with Crippen molar-refractivity contribution in [1.82, 2.24) is 5.43 Å². The topological polar surface area (TPSA) is 44.6 Å². The van der Waals surface area contributed by atoms with Gasteiger partial charge in [0.1, 0.15) is 5.75 Å². The molecule has 118 valence electrons. The zero-order valence-electron chi connectivity index (χ0n) is 13.6. The minimum atomic E-state index is 0.304. The van der Waals surface area contributed by atoms with Crippen molar-refractivity contribution in [3.63, 3.8) is 0 Å². The van der Waals surface area contributed by atoms with Gasteiger partial charge in [-0.15, -0.1) is 0 Å². The van der Waals surface area contributed by atoms with Gasteiger partial charge in [0.2, 0.25) is 0 Å². The second-order valence-electron chi connectivity index (χ2n) is 7.58. The van der Waals surface area contributed by atoms with Crippen LogP contribution in [0.25, 0.3) is 0 Å². The number of aromatic hydroxyl groups is 1. The fraction of sp³-hybridized carbons (Fsp3) is 0.632. The number of phenols is 1. The molecule has 0 spiro atoms. The van der Waals surface area contributed by atoms with Crippen molar-refractivity contribution < 1.29 is 5.11 Å². The number of aryl methyl sites for hydroxylation is 1. The van der Waals surface area contributed by atoms with E-state index in [-0.39, 0.29) is 0 Å². The van der Waals surface area contributed by atoms with Crippen molar-refractivity contribution in [2.75, 3.05) is 7.05 Å². The summed E-state index contributed by atoms with van der Waals surface area (Å²) in [5, 5.41) is 14.4. The van der Waals surface area contributed by atoms with Crippen LogP contribution in [-0.4, -0.2) is 17.9 Å². The lowest BCUT2D eigenvalue weighted by Gasteiger charge is -2.49. The monoisotopic (exact) mass is 298 g/mol. The second-order valence-corrected chi connectivity index (χ2v) is 7.58. The first-order chi connectivity index (χ1) is 10.6. The normalized spacial score (nSPS) is 38.3. The highest BCUT2D eigenvalue weighted by Gasteiger charge is 2.53. The van der Waals surface area contributed by atoms with Crippen molar-refractivity contribution in [2.45, 2.75) is 51.4 Å². The summed E-state index contributed by atoms with van der Waals surface area (Å²) in [4.78, 5) is 0. The van der Waals surface area contributed by atoms with Gasteiger partial charge >= 0.3 is 0 Å². The molecule has 0 radical (unpaired) electrons. The Balaban J connectivity index is 1.69. The molecule has 0 heterocycles. The lowest BCUT2D eigenvalue weighted by atomic mass is 9.55. The number of phenolic OH excluding ortho intramolecular Hbond substituents is 1. The summed E-state index contributed by atoms with van der Waals surface area (Å²) in [6.45, 7) is 2.45. The molecule has 2 saturated carbocycles. The zero-order valence-corrected chi connectivity index (χ0v) is 13.6. The smallest absolute Gasteiger partial charge is 0.115 e. The number of hydrogen-bond donors (Lipinski definition) is 2. The Kier molecular flexibility index (Phi) is 3.21. The highest BCUT2D eigenvalue weighted by molar-refractivity contribution is 5.92. The summed E-state index contributed by atoms with van der Waals surface area (Å²) in [5.41, 5.74) is 7.62. The summed E-state index contributed by atoms with van der Waals surface area (Å²) in [7, 11) is 1.92. The Morgan fingerprint density at radius 2 is 2.09 bits per heavy atom. The minimum absolute atomic E-state index is 0.304. The second kappa shape index (κ2) is 5.00. The van der Waals surface area contributed by atoms with Crippen LogP contribution in [-0.2, 0) is 6.42 Å². The first-order valence-electron chi connectivity index (χ1n) is 8.69. The van der Waals surface area contributed by atoms with Gasteiger partial charge in [-0.05, 0) is 79.5 Å². The first kappa shape index (κ1) is 14.1. The molecular weight excluding hydrogens is 272 g/mol. The van der Waals surface area contributed by atoms with Crippen molar-refractivity contribution in [3.05, 3.63) is 29.3 Å². The highest BCUT2D eigenvalue weighted by Crippen LogP contribution is 2.59. The molecule has 3 heteroatoms. The fourth-order valence-corrected chi connectivity index (χ4v) is 5.68. The third-order valence-corrected chi connectivity index (χ3v) is 6.70. The molecule has 1 aromatic carbocycles. The fourth-order valence-electron chi connectivity index (χ4n) is 5.68. The molecule has 0 amide bonds. The van der Waals surface area contributed by atoms with Crippen molar-refractivity contribution in [1.29, 1.82) is 0 Å². The maximum Gasteiger partial charge on any atom is 0.115 e.